The van der Waals surface area contributed by atoms with Crippen LogP contribution in [0.25, 0.3) is 0 Å². The topological polar surface area (TPSA) is 76.3 Å². The minimum Gasteiger partial charge on any atom is -0.287 e. The molecule has 0 aromatic carbocycles. The van der Waals surface area contributed by atoms with Gasteiger partial charge in [0.05, 0.1) is 4.92 Å². The van der Waals surface area contributed by atoms with Crippen LogP contribution in [-0.2, 0) is 4.79 Å². The summed E-state index contributed by atoms with van der Waals surface area (Å²) < 4.78 is 0. The molecule has 1 atom stereocenters. The molecule has 1 aromatic heterocycles. The van der Waals surface area contributed by atoms with Crippen molar-refractivity contribution in [2.24, 2.45) is 5.92 Å². The lowest BCUT2D eigenvalue weighted by molar-refractivity contribution is -0.380. The molecule has 84 valence electrons. The number of anilines is 1. The van der Waals surface area contributed by atoms with Gasteiger partial charge in [-0.25, -0.2) is 4.98 Å². The fraction of sp³-hybridized carbons (Fsp3) is 0.333. The Morgan fingerprint density at radius 2 is 2.50 bits per heavy atom. The quantitative estimate of drug-likeness (QED) is 0.456. The van der Waals surface area contributed by atoms with Gasteiger partial charge in [0.25, 0.3) is 0 Å². The molecular formula is C9H9N3O3S. The lowest BCUT2D eigenvalue weighted by Gasteiger charge is -2.10. The van der Waals surface area contributed by atoms with E-state index < -0.39 is 4.92 Å². The van der Waals surface area contributed by atoms with Crippen molar-refractivity contribution < 1.29 is 9.72 Å². The third kappa shape index (κ3) is 1.81. The lowest BCUT2D eigenvalue weighted by Crippen LogP contribution is -2.23. The molecule has 0 bridgehead atoms. The molecule has 0 saturated carbocycles. The van der Waals surface area contributed by atoms with Gasteiger partial charge in [0.15, 0.2) is 5.13 Å². The summed E-state index contributed by atoms with van der Waals surface area (Å²) in [6.07, 6.45) is 3.30. The predicted octanol–water partition coefficient (Wildman–Crippen LogP) is 1.59. The molecule has 1 aromatic rings. The first-order valence-electron chi connectivity index (χ1n) is 4.65. The Morgan fingerprint density at radius 3 is 3.00 bits per heavy atom. The maximum Gasteiger partial charge on any atom is 0.345 e. The summed E-state index contributed by atoms with van der Waals surface area (Å²) in [6.45, 7) is 4.14. The molecule has 0 N–H and O–H groups in total. The largest absolute Gasteiger partial charge is 0.345 e. The molecule has 1 saturated heterocycles. The van der Waals surface area contributed by atoms with Gasteiger partial charge in [-0.3, -0.25) is 19.8 Å². The number of thiazole rings is 1. The Morgan fingerprint density at radius 1 is 1.75 bits per heavy atom. The van der Waals surface area contributed by atoms with Gasteiger partial charge in [-0.05, 0) is 11.3 Å². The maximum atomic E-state index is 11.6. The van der Waals surface area contributed by atoms with Crippen LogP contribution in [0, 0.1) is 16.0 Å². The zero-order chi connectivity index (χ0) is 11.7. The van der Waals surface area contributed by atoms with Gasteiger partial charge in [-0.15, -0.1) is 6.58 Å². The number of nitro groups is 1. The standard InChI is InChI=1S/C9H9N3O3S/c1-2-6-3-7(13)11(5-6)9-10-4-8(16-9)12(14)15/h2,4,6H,1,3,5H2. The first-order valence-corrected chi connectivity index (χ1v) is 5.46. The van der Waals surface area contributed by atoms with E-state index in [2.05, 4.69) is 11.6 Å². The van der Waals surface area contributed by atoms with Gasteiger partial charge in [-0.1, -0.05) is 6.08 Å². The van der Waals surface area contributed by atoms with Crippen molar-refractivity contribution in [1.29, 1.82) is 0 Å². The van der Waals surface area contributed by atoms with E-state index >= 15 is 0 Å². The van der Waals surface area contributed by atoms with Gasteiger partial charge in [0.1, 0.15) is 6.20 Å². The van der Waals surface area contributed by atoms with E-state index in [0.717, 1.165) is 11.3 Å². The number of carbonyl (C=O) groups excluding carboxylic acids is 1. The summed E-state index contributed by atoms with van der Waals surface area (Å²) in [5.41, 5.74) is 0. The Bertz CT molecular complexity index is 457. The van der Waals surface area contributed by atoms with Crippen molar-refractivity contribution in [3.63, 3.8) is 0 Å². The molecule has 2 rings (SSSR count). The second-order valence-corrected chi connectivity index (χ2v) is 4.43. The second-order valence-electron chi connectivity index (χ2n) is 3.44. The van der Waals surface area contributed by atoms with E-state index in [4.69, 9.17) is 0 Å². The summed E-state index contributed by atoms with van der Waals surface area (Å²) in [4.78, 5) is 26.9. The van der Waals surface area contributed by atoms with Crippen LogP contribution >= 0.6 is 11.3 Å². The van der Waals surface area contributed by atoms with Gasteiger partial charge < -0.3 is 0 Å². The molecule has 1 aliphatic rings. The highest BCUT2D eigenvalue weighted by Gasteiger charge is 2.31. The number of aromatic nitrogens is 1. The predicted molar refractivity (Wildman–Crippen MR) is 59.4 cm³/mol. The number of nitrogens with zero attached hydrogens (tertiary/aromatic N) is 3. The van der Waals surface area contributed by atoms with Gasteiger partial charge in [-0.2, -0.15) is 0 Å². The van der Waals surface area contributed by atoms with Crippen LogP contribution in [0.2, 0.25) is 0 Å². The number of rotatable bonds is 3. The minimum absolute atomic E-state index is 0.0511. The zero-order valence-electron chi connectivity index (χ0n) is 8.33. The van der Waals surface area contributed by atoms with Crippen molar-refractivity contribution in [2.45, 2.75) is 6.42 Å². The number of carbonyl (C=O) groups is 1. The van der Waals surface area contributed by atoms with Crippen LogP contribution in [0.4, 0.5) is 10.1 Å². The van der Waals surface area contributed by atoms with Crippen molar-refractivity contribution in [2.75, 3.05) is 11.4 Å². The molecular weight excluding hydrogens is 230 g/mol. The van der Waals surface area contributed by atoms with E-state index in [-0.39, 0.29) is 16.8 Å². The summed E-state index contributed by atoms with van der Waals surface area (Å²) in [7, 11) is 0. The first kappa shape index (κ1) is 10.7. The molecule has 1 amide bonds. The van der Waals surface area contributed by atoms with Crippen molar-refractivity contribution >= 4 is 27.4 Å². The Balaban J connectivity index is 2.21. The Hall–Kier alpha value is -1.76. The molecule has 7 heteroatoms. The summed E-state index contributed by atoms with van der Waals surface area (Å²) in [5.74, 6) is 0.0459. The van der Waals surface area contributed by atoms with Crippen LogP contribution < -0.4 is 4.90 Å². The van der Waals surface area contributed by atoms with E-state index in [1.54, 1.807) is 6.08 Å². The van der Waals surface area contributed by atoms with E-state index in [9.17, 15) is 14.9 Å². The van der Waals surface area contributed by atoms with Gasteiger partial charge >= 0.3 is 5.00 Å². The van der Waals surface area contributed by atoms with E-state index in [0.29, 0.717) is 18.1 Å². The highest BCUT2D eigenvalue weighted by molar-refractivity contribution is 7.18. The van der Waals surface area contributed by atoms with Crippen LogP contribution in [0.5, 0.6) is 0 Å². The third-order valence-electron chi connectivity index (χ3n) is 2.38. The van der Waals surface area contributed by atoms with Gasteiger partial charge in [0, 0.05) is 18.9 Å². The normalized spacial score (nSPS) is 20.1. The summed E-state index contributed by atoms with van der Waals surface area (Å²) >= 11 is 0.915. The first-order chi connectivity index (χ1) is 7.61. The van der Waals surface area contributed by atoms with Crippen molar-refractivity contribution in [3.8, 4) is 0 Å². The van der Waals surface area contributed by atoms with Crippen LogP contribution in [-0.4, -0.2) is 22.4 Å². The average molecular weight is 239 g/mol. The molecule has 0 aliphatic carbocycles. The van der Waals surface area contributed by atoms with Crippen LogP contribution in [0.15, 0.2) is 18.9 Å². The summed E-state index contributed by atoms with van der Waals surface area (Å²) in [5, 5.41) is 10.8. The molecule has 0 radical (unpaired) electrons. The van der Waals surface area contributed by atoms with E-state index in [1.165, 1.54) is 11.1 Å². The van der Waals surface area contributed by atoms with Crippen molar-refractivity contribution in [1.82, 2.24) is 4.98 Å². The minimum atomic E-state index is -0.507. The van der Waals surface area contributed by atoms with Crippen molar-refractivity contribution in [3.05, 3.63) is 29.0 Å². The molecule has 2 heterocycles. The molecule has 1 fully saturated rings. The highest BCUT2D eigenvalue weighted by Crippen LogP contribution is 2.32. The zero-order valence-corrected chi connectivity index (χ0v) is 9.14. The molecule has 1 aliphatic heterocycles. The molecule has 0 spiro atoms. The Labute approximate surface area is 95.4 Å². The second kappa shape index (κ2) is 4.01. The number of hydrogen-bond acceptors (Lipinski definition) is 5. The van der Waals surface area contributed by atoms with Crippen LogP contribution in [0.1, 0.15) is 6.42 Å². The average Bonchev–Trinajstić information content (AvgIpc) is 2.83. The third-order valence-corrected chi connectivity index (χ3v) is 3.35. The van der Waals surface area contributed by atoms with Crippen LogP contribution in [0.3, 0.4) is 0 Å². The van der Waals surface area contributed by atoms with E-state index in [1.807, 2.05) is 0 Å². The molecule has 1 unspecified atom stereocenters. The molecule has 6 nitrogen and oxygen atoms in total. The maximum absolute atomic E-state index is 11.6. The highest BCUT2D eigenvalue weighted by atomic mass is 32.1. The fourth-order valence-electron chi connectivity index (χ4n) is 1.54. The number of amides is 1. The monoisotopic (exact) mass is 239 g/mol. The fourth-order valence-corrected chi connectivity index (χ4v) is 2.30. The summed E-state index contributed by atoms with van der Waals surface area (Å²) in [6, 6.07) is 0. The Kier molecular flexibility index (Phi) is 2.69. The SMILES string of the molecule is C=CC1CC(=O)N(c2ncc([N+](=O)[O-])s2)C1. The lowest BCUT2D eigenvalue weighted by atomic mass is 10.1. The number of hydrogen-bond donors (Lipinski definition) is 0. The smallest absolute Gasteiger partial charge is 0.287 e. The van der Waals surface area contributed by atoms with Gasteiger partial charge in [0.2, 0.25) is 5.91 Å². The molecule has 16 heavy (non-hydrogen) atoms.